The second-order valence-corrected chi connectivity index (χ2v) is 8.70. The van der Waals surface area contributed by atoms with Gasteiger partial charge in [0.1, 0.15) is 11.9 Å². The van der Waals surface area contributed by atoms with Gasteiger partial charge in [0.15, 0.2) is 0 Å². The average molecular weight is 399 g/mol. The molecule has 0 spiro atoms. The second kappa shape index (κ2) is 8.09. The maximum absolute atomic E-state index is 11.5. The summed E-state index contributed by atoms with van der Waals surface area (Å²) in [6, 6.07) is 9.98. The number of benzene rings is 1. The van der Waals surface area contributed by atoms with Crippen molar-refractivity contribution >= 4 is 5.97 Å². The van der Waals surface area contributed by atoms with E-state index in [1.54, 1.807) is 4.68 Å². The maximum atomic E-state index is 11.5. The minimum absolute atomic E-state index is 0.0693. The molecule has 2 aliphatic carbocycles. The predicted octanol–water partition coefficient (Wildman–Crippen LogP) is 4.18. The first kappa shape index (κ1) is 19.8. The van der Waals surface area contributed by atoms with E-state index in [4.69, 9.17) is 9.47 Å². The van der Waals surface area contributed by atoms with Crippen LogP contribution in [0.3, 0.4) is 0 Å². The van der Waals surface area contributed by atoms with Gasteiger partial charge in [0.05, 0.1) is 18.2 Å². The van der Waals surface area contributed by atoms with Crippen LogP contribution < -0.4 is 9.47 Å². The molecular weight excluding hydrogens is 368 g/mol. The van der Waals surface area contributed by atoms with Crippen molar-refractivity contribution in [2.24, 2.45) is 24.8 Å². The number of hydrogen-bond acceptors (Lipinski definition) is 4. The van der Waals surface area contributed by atoms with Crippen molar-refractivity contribution in [1.29, 1.82) is 0 Å². The first-order valence-electron chi connectivity index (χ1n) is 10.5. The molecule has 6 nitrogen and oxygen atoms in total. The van der Waals surface area contributed by atoms with Crippen molar-refractivity contribution in [3.8, 4) is 11.6 Å². The molecule has 1 N–H and O–H groups in total. The minimum Gasteiger partial charge on any atom is -0.493 e. The van der Waals surface area contributed by atoms with Crippen LogP contribution in [0, 0.1) is 24.7 Å². The molecule has 156 valence electrons. The average Bonchev–Trinajstić information content (AvgIpc) is 3.42. The molecule has 2 fully saturated rings. The number of aromatic nitrogens is 2. The first-order chi connectivity index (χ1) is 13.9. The van der Waals surface area contributed by atoms with Gasteiger partial charge >= 0.3 is 5.97 Å². The molecule has 0 saturated heterocycles. The fourth-order valence-corrected chi connectivity index (χ4v) is 4.38. The molecule has 2 atom stereocenters. The minimum atomic E-state index is -0.725. The molecule has 0 bridgehead atoms. The van der Waals surface area contributed by atoms with Crippen LogP contribution in [0.2, 0.25) is 0 Å². The molecule has 29 heavy (non-hydrogen) atoms. The SMILES string of the molecule is Cc1cc(OC2CC(COc3cccc([C@H](C4CC4)[C@H](C)C(=O)O)c3)C2)n(C)n1. The highest BCUT2D eigenvalue weighted by Crippen LogP contribution is 2.47. The summed E-state index contributed by atoms with van der Waals surface area (Å²) in [6.45, 7) is 4.44. The molecular formula is C23H30N2O4. The third-order valence-electron chi connectivity index (χ3n) is 6.23. The van der Waals surface area contributed by atoms with Crippen molar-refractivity contribution < 1.29 is 19.4 Å². The van der Waals surface area contributed by atoms with Crippen LogP contribution in [-0.2, 0) is 11.8 Å². The number of hydrogen-bond donors (Lipinski definition) is 1. The number of aryl methyl sites for hydroxylation is 2. The van der Waals surface area contributed by atoms with Crippen LogP contribution in [0.4, 0.5) is 0 Å². The highest BCUT2D eigenvalue weighted by Gasteiger charge is 2.38. The van der Waals surface area contributed by atoms with Crippen LogP contribution in [0.25, 0.3) is 0 Å². The highest BCUT2D eigenvalue weighted by molar-refractivity contribution is 5.71. The highest BCUT2D eigenvalue weighted by atomic mass is 16.5. The Morgan fingerprint density at radius 2 is 2.07 bits per heavy atom. The molecule has 6 heteroatoms. The Balaban J connectivity index is 1.29. The Morgan fingerprint density at radius 1 is 1.31 bits per heavy atom. The lowest BCUT2D eigenvalue weighted by Crippen LogP contribution is -2.37. The summed E-state index contributed by atoms with van der Waals surface area (Å²) >= 11 is 0. The van der Waals surface area contributed by atoms with Gasteiger partial charge in [0, 0.05) is 13.1 Å². The van der Waals surface area contributed by atoms with Gasteiger partial charge in [-0.15, -0.1) is 0 Å². The standard InChI is InChI=1S/C23H30N2O4/c1-14-9-21(25(3)24-14)29-20-10-16(11-20)13-28-19-6-4-5-18(12-19)22(17-7-8-17)15(2)23(26)27/h4-6,9,12,15-17,20,22H,7-8,10-11,13H2,1-3H3,(H,26,27)/t15-,16?,20?,22-/m0/s1. The number of carbonyl (C=O) groups is 1. The van der Waals surface area contributed by atoms with Crippen molar-refractivity contribution in [2.75, 3.05) is 6.61 Å². The summed E-state index contributed by atoms with van der Waals surface area (Å²) in [6.07, 6.45) is 4.41. The van der Waals surface area contributed by atoms with Gasteiger partial charge in [0.25, 0.3) is 0 Å². The van der Waals surface area contributed by atoms with Crippen LogP contribution in [-0.4, -0.2) is 33.6 Å². The molecule has 0 aliphatic heterocycles. The van der Waals surface area contributed by atoms with E-state index in [0.29, 0.717) is 18.4 Å². The lowest BCUT2D eigenvalue weighted by Gasteiger charge is -2.35. The Labute approximate surface area is 171 Å². The van der Waals surface area contributed by atoms with Gasteiger partial charge in [-0.05, 0) is 68.1 Å². The van der Waals surface area contributed by atoms with E-state index in [0.717, 1.165) is 48.6 Å². The zero-order valence-corrected chi connectivity index (χ0v) is 17.4. The van der Waals surface area contributed by atoms with Gasteiger partial charge in [-0.2, -0.15) is 5.10 Å². The van der Waals surface area contributed by atoms with Crippen molar-refractivity contribution in [1.82, 2.24) is 9.78 Å². The molecule has 2 aromatic rings. The van der Waals surface area contributed by atoms with Crippen molar-refractivity contribution in [3.63, 3.8) is 0 Å². The Kier molecular flexibility index (Phi) is 5.52. The summed E-state index contributed by atoms with van der Waals surface area (Å²) < 4.78 is 13.8. The third kappa shape index (κ3) is 4.57. The lowest BCUT2D eigenvalue weighted by atomic mass is 9.82. The van der Waals surface area contributed by atoms with Gasteiger partial charge in [-0.25, -0.2) is 4.68 Å². The molecule has 1 heterocycles. The summed E-state index contributed by atoms with van der Waals surface area (Å²) in [5, 5.41) is 13.8. The molecule has 0 amide bonds. The zero-order valence-electron chi connectivity index (χ0n) is 17.4. The summed E-state index contributed by atoms with van der Waals surface area (Å²) in [5.41, 5.74) is 2.05. The van der Waals surface area contributed by atoms with E-state index < -0.39 is 5.97 Å². The van der Waals surface area contributed by atoms with Crippen LogP contribution in [0.5, 0.6) is 11.6 Å². The van der Waals surface area contributed by atoms with Gasteiger partial charge < -0.3 is 14.6 Å². The van der Waals surface area contributed by atoms with Crippen molar-refractivity contribution in [3.05, 3.63) is 41.6 Å². The number of aliphatic carboxylic acids is 1. The van der Waals surface area contributed by atoms with Crippen LogP contribution >= 0.6 is 0 Å². The molecule has 4 rings (SSSR count). The second-order valence-electron chi connectivity index (χ2n) is 8.70. The van der Waals surface area contributed by atoms with E-state index in [-0.39, 0.29) is 17.9 Å². The van der Waals surface area contributed by atoms with Crippen LogP contribution in [0.15, 0.2) is 30.3 Å². The van der Waals surface area contributed by atoms with Crippen molar-refractivity contribution in [2.45, 2.75) is 51.6 Å². The summed E-state index contributed by atoms with van der Waals surface area (Å²) in [4.78, 5) is 11.5. The molecule has 1 aromatic carbocycles. The Bertz CT molecular complexity index is 868. The summed E-state index contributed by atoms with van der Waals surface area (Å²) in [7, 11) is 1.90. The maximum Gasteiger partial charge on any atom is 0.306 e. The first-order valence-corrected chi connectivity index (χ1v) is 10.5. The van der Waals surface area contributed by atoms with E-state index in [2.05, 4.69) is 5.10 Å². The number of nitrogens with zero attached hydrogens (tertiary/aromatic N) is 2. The van der Waals surface area contributed by atoms with Crippen LogP contribution in [0.1, 0.15) is 49.8 Å². The molecule has 2 saturated carbocycles. The lowest BCUT2D eigenvalue weighted by molar-refractivity contribution is -0.142. The van der Waals surface area contributed by atoms with E-state index in [1.807, 2.05) is 51.2 Å². The fourth-order valence-electron chi connectivity index (χ4n) is 4.38. The molecule has 1 aromatic heterocycles. The Morgan fingerprint density at radius 3 is 2.69 bits per heavy atom. The normalized spacial score (nSPS) is 23.1. The van der Waals surface area contributed by atoms with Gasteiger partial charge in [-0.1, -0.05) is 19.1 Å². The largest absolute Gasteiger partial charge is 0.493 e. The monoisotopic (exact) mass is 398 g/mol. The fraction of sp³-hybridized carbons (Fsp3) is 0.565. The smallest absolute Gasteiger partial charge is 0.306 e. The third-order valence-corrected chi connectivity index (χ3v) is 6.23. The Hall–Kier alpha value is -2.50. The predicted molar refractivity (Wildman–Crippen MR) is 109 cm³/mol. The van der Waals surface area contributed by atoms with Gasteiger partial charge in [0.2, 0.25) is 5.88 Å². The number of rotatable bonds is 9. The molecule has 0 unspecified atom stereocenters. The topological polar surface area (TPSA) is 73.6 Å². The number of ether oxygens (including phenoxy) is 2. The van der Waals surface area contributed by atoms with E-state index in [9.17, 15) is 9.90 Å². The number of carboxylic acids is 1. The molecule has 2 aliphatic rings. The van der Waals surface area contributed by atoms with Gasteiger partial charge in [-0.3, -0.25) is 4.79 Å². The van der Waals surface area contributed by atoms with E-state index in [1.165, 1.54) is 0 Å². The quantitative estimate of drug-likeness (QED) is 0.686. The number of carboxylic acid groups (broad SMARTS) is 1. The zero-order chi connectivity index (χ0) is 20.5. The molecule has 0 radical (unpaired) electrons. The van der Waals surface area contributed by atoms with E-state index >= 15 is 0 Å². The summed E-state index contributed by atoms with van der Waals surface area (Å²) in [5.74, 6) is 1.58.